The van der Waals surface area contributed by atoms with E-state index in [1.807, 2.05) is 12.1 Å². The van der Waals surface area contributed by atoms with E-state index in [2.05, 4.69) is 4.90 Å². The van der Waals surface area contributed by atoms with Crippen molar-refractivity contribution in [2.24, 2.45) is 5.73 Å². The molecule has 98 valence electrons. The standard InChI is InChI=1S/C13H17ClN2OS/c14-12-6-9(13(15)18)3-4-10(12)7-16-5-1-2-11(17)8-16/h3-4,6,11,17H,1-2,5,7-8H2,(H2,15,18). The Bertz CT molecular complexity index is 453. The summed E-state index contributed by atoms with van der Waals surface area (Å²) in [6.07, 6.45) is 1.71. The van der Waals surface area contributed by atoms with Crippen molar-refractivity contribution in [1.29, 1.82) is 0 Å². The third-order valence-corrected chi connectivity index (χ3v) is 3.80. The molecule has 0 amide bonds. The van der Waals surface area contributed by atoms with Crippen molar-refractivity contribution in [3.63, 3.8) is 0 Å². The lowest BCUT2D eigenvalue weighted by Crippen LogP contribution is -2.37. The first-order chi connectivity index (χ1) is 8.56. The van der Waals surface area contributed by atoms with Crippen molar-refractivity contribution in [2.45, 2.75) is 25.5 Å². The van der Waals surface area contributed by atoms with Gasteiger partial charge in [-0.3, -0.25) is 4.90 Å². The average molecular weight is 285 g/mol. The minimum atomic E-state index is -0.214. The van der Waals surface area contributed by atoms with Gasteiger partial charge in [0.15, 0.2) is 0 Å². The lowest BCUT2D eigenvalue weighted by Gasteiger charge is -2.30. The van der Waals surface area contributed by atoms with Crippen LogP contribution in [0.25, 0.3) is 0 Å². The molecule has 0 aliphatic carbocycles. The third kappa shape index (κ3) is 3.42. The zero-order chi connectivity index (χ0) is 13.1. The fourth-order valence-electron chi connectivity index (χ4n) is 2.24. The highest BCUT2D eigenvalue weighted by atomic mass is 35.5. The first kappa shape index (κ1) is 13.7. The lowest BCUT2D eigenvalue weighted by atomic mass is 10.1. The number of rotatable bonds is 3. The summed E-state index contributed by atoms with van der Waals surface area (Å²) in [7, 11) is 0. The molecule has 5 heteroatoms. The van der Waals surface area contributed by atoms with Gasteiger partial charge in [0.05, 0.1) is 6.10 Å². The summed E-state index contributed by atoms with van der Waals surface area (Å²) in [4.78, 5) is 2.58. The Morgan fingerprint density at radius 3 is 2.94 bits per heavy atom. The van der Waals surface area contributed by atoms with E-state index in [-0.39, 0.29) is 6.10 Å². The maximum absolute atomic E-state index is 9.64. The van der Waals surface area contributed by atoms with Crippen molar-refractivity contribution < 1.29 is 5.11 Å². The fourth-order valence-corrected chi connectivity index (χ4v) is 2.61. The minimum absolute atomic E-state index is 0.214. The monoisotopic (exact) mass is 284 g/mol. The molecule has 0 aromatic heterocycles. The van der Waals surface area contributed by atoms with Crippen LogP contribution in [0.2, 0.25) is 5.02 Å². The summed E-state index contributed by atoms with van der Waals surface area (Å²) in [6, 6.07) is 5.65. The number of likely N-dealkylation sites (tertiary alicyclic amines) is 1. The molecule has 1 unspecified atom stereocenters. The average Bonchev–Trinajstić information content (AvgIpc) is 2.31. The number of aliphatic hydroxyl groups excluding tert-OH is 1. The number of thiocarbonyl (C=S) groups is 1. The first-order valence-electron chi connectivity index (χ1n) is 6.05. The molecule has 1 aromatic carbocycles. The molecular weight excluding hydrogens is 268 g/mol. The number of nitrogens with zero attached hydrogens (tertiary/aromatic N) is 1. The van der Waals surface area contributed by atoms with Crippen LogP contribution in [0.4, 0.5) is 0 Å². The topological polar surface area (TPSA) is 49.5 Å². The second-order valence-electron chi connectivity index (χ2n) is 4.70. The largest absolute Gasteiger partial charge is 0.392 e. The maximum Gasteiger partial charge on any atom is 0.104 e. The van der Waals surface area contributed by atoms with Gasteiger partial charge in [-0.25, -0.2) is 0 Å². The van der Waals surface area contributed by atoms with Crippen molar-refractivity contribution >= 4 is 28.8 Å². The molecular formula is C13H17ClN2OS. The van der Waals surface area contributed by atoms with E-state index in [1.165, 1.54) is 0 Å². The van der Waals surface area contributed by atoms with Crippen LogP contribution in [0.5, 0.6) is 0 Å². The van der Waals surface area contributed by atoms with E-state index >= 15 is 0 Å². The van der Waals surface area contributed by atoms with Crippen LogP contribution in [0.3, 0.4) is 0 Å². The molecule has 1 heterocycles. The van der Waals surface area contributed by atoms with Gasteiger partial charge in [0.1, 0.15) is 4.99 Å². The Morgan fingerprint density at radius 1 is 1.56 bits per heavy atom. The zero-order valence-electron chi connectivity index (χ0n) is 10.1. The molecule has 0 saturated carbocycles. The number of nitrogens with two attached hydrogens (primary N) is 1. The molecule has 1 saturated heterocycles. The van der Waals surface area contributed by atoms with Crippen molar-refractivity contribution in [3.8, 4) is 0 Å². The smallest absolute Gasteiger partial charge is 0.104 e. The molecule has 2 rings (SSSR count). The van der Waals surface area contributed by atoms with E-state index < -0.39 is 0 Å². The van der Waals surface area contributed by atoms with Crippen molar-refractivity contribution in [3.05, 3.63) is 34.3 Å². The summed E-state index contributed by atoms with van der Waals surface area (Å²) in [5.41, 5.74) is 7.40. The lowest BCUT2D eigenvalue weighted by molar-refractivity contribution is 0.0668. The Labute approximate surface area is 118 Å². The van der Waals surface area contributed by atoms with Gasteiger partial charge in [0.2, 0.25) is 0 Å². The molecule has 1 atom stereocenters. The number of aliphatic hydroxyl groups is 1. The molecule has 1 fully saturated rings. The quantitative estimate of drug-likeness (QED) is 0.833. The Kier molecular flexibility index (Phi) is 4.56. The molecule has 3 N–H and O–H groups in total. The summed E-state index contributed by atoms with van der Waals surface area (Å²) in [6.45, 7) is 2.48. The number of hydrogen-bond acceptors (Lipinski definition) is 3. The number of hydrogen-bond donors (Lipinski definition) is 2. The van der Waals surface area contributed by atoms with Crippen LogP contribution in [0.1, 0.15) is 24.0 Å². The van der Waals surface area contributed by atoms with Crippen LogP contribution >= 0.6 is 23.8 Å². The summed E-state index contributed by atoms with van der Waals surface area (Å²) in [5, 5.41) is 10.3. The zero-order valence-corrected chi connectivity index (χ0v) is 11.7. The SMILES string of the molecule is NC(=S)c1ccc(CN2CCCC(O)C2)c(Cl)c1. The number of benzene rings is 1. The Balaban J connectivity index is 2.07. The van der Waals surface area contributed by atoms with Gasteiger partial charge in [-0.1, -0.05) is 36.0 Å². The second-order valence-corrected chi connectivity index (χ2v) is 5.55. The molecule has 0 spiro atoms. The van der Waals surface area contributed by atoms with Gasteiger partial charge >= 0.3 is 0 Å². The summed E-state index contributed by atoms with van der Waals surface area (Å²) < 4.78 is 0. The van der Waals surface area contributed by atoms with Crippen molar-refractivity contribution in [1.82, 2.24) is 4.90 Å². The van der Waals surface area contributed by atoms with Gasteiger partial charge in [-0.05, 0) is 31.0 Å². The van der Waals surface area contributed by atoms with E-state index in [4.69, 9.17) is 29.6 Å². The molecule has 1 aliphatic heterocycles. The van der Waals surface area contributed by atoms with Crippen LogP contribution in [0.15, 0.2) is 18.2 Å². The molecule has 18 heavy (non-hydrogen) atoms. The molecule has 1 aliphatic rings. The van der Waals surface area contributed by atoms with E-state index in [0.29, 0.717) is 16.6 Å². The van der Waals surface area contributed by atoms with Crippen molar-refractivity contribution in [2.75, 3.05) is 13.1 Å². The van der Waals surface area contributed by atoms with E-state index in [1.54, 1.807) is 6.07 Å². The highest BCUT2D eigenvalue weighted by molar-refractivity contribution is 7.80. The third-order valence-electron chi connectivity index (χ3n) is 3.21. The molecule has 0 radical (unpaired) electrons. The van der Waals surface area contributed by atoms with Crippen LogP contribution in [0, 0.1) is 0 Å². The van der Waals surface area contributed by atoms with Gasteiger partial charge in [0, 0.05) is 23.7 Å². The van der Waals surface area contributed by atoms with Gasteiger partial charge in [0.25, 0.3) is 0 Å². The van der Waals surface area contributed by atoms with Gasteiger partial charge in [-0.2, -0.15) is 0 Å². The predicted molar refractivity (Wildman–Crippen MR) is 77.9 cm³/mol. The van der Waals surface area contributed by atoms with Gasteiger partial charge < -0.3 is 10.8 Å². The van der Waals surface area contributed by atoms with E-state index in [0.717, 1.165) is 37.1 Å². The Morgan fingerprint density at radius 2 is 2.33 bits per heavy atom. The normalized spacial score (nSPS) is 20.9. The van der Waals surface area contributed by atoms with Crippen LogP contribution < -0.4 is 5.73 Å². The second kappa shape index (κ2) is 5.97. The summed E-state index contributed by atoms with van der Waals surface area (Å²) in [5.74, 6) is 0. The Hall–Kier alpha value is -0.680. The summed E-state index contributed by atoms with van der Waals surface area (Å²) >= 11 is 11.1. The highest BCUT2D eigenvalue weighted by Gasteiger charge is 2.18. The van der Waals surface area contributed by atoms with E-state index in [9.17, 15) is 5.11 Å². The van der Waals surface area contributed by atoms with Gasteiger partial charge in [-0.15, -0.1) is 0 Å². The number of β-amino-alcohol motifs (C(OH)–C–C–N with tert-alkyl or cyclic N) is 1. The first-order valence-corrected chi connectivity index (χ1v) is 6.83. The fraction of sp³-hybridized carbons (Fsp3) is 0.462. The minimum Gasteiger partial charge on any atom is -0.392 e. The highest BCUT2D eigenvalue weighted by Crippen LogP contribution is 2.21. The molecule has 0 bridgehead atoms. The predicted octanol–water partition coefficient (Wildman–Crippen LogP) is 1.93. The van der Waals surface area contributed by atoms with Crippen LogP contribution in [-0.4, -0.2) is 34.2 Å². The molecule has 1 aromatic rings. The molecule has 3 nitrogen and oxygen atoms in total. The maximum atomic E-state index is 9.64. The number of piperidine rings is 1. The number of halogens is 1. The van der Waals surface area contributed by atoms with Crippen LogP contribution in [-0.2, 0) is 6.54 Å².